The summed E-state index contributed by atoms with van der Waals surface area (Å²) in [6, 6.07) is 13.9. The molecule has 2 aromatic heterocycles. The van der Waals surface area contributed by atoms with Gasteiger partial charge in [-0.3, -0.25) is 9.20 Å². The van der Waals surface area contributed by atoms with E-state index < -0.39 is 0 Å². The molecule has 4 rings (SSSR count). The first-order valence-electron chi connectivity index (χ1n) is 9.34. The standard InChI is InChI=1S/C21H23N5O/c1-16-20(26-14-6-3-7-19(26)23-16)21(27)24-22-15-17-8-10-18(11-9-17)25-12-4-2-5-13-25/h3,6-11,14-15H,2,4-5,12-13H2,1H3,(H,24,27)/b22-15+. The van der Waals surface area contributed by atoms with E-state index in [2.05, 4.69) is 32.5 Å². The van der Waals surface area contributed by atoms with Crippen LogP contribution in [-0.2, 0) is 0 Å². The number of hydrogen-bond donors (Lipinski definition) is 1. The van der Waals surface area contributed by atoms with E-state index in [1.54, 1.807) is 10.6 Å². The summed E-state index contributed by atoms with van der Waals surface area (Å²) in [4.78, 5) is 19.3. The third-order valence-corrected chi connectivity index (χ3v) is 4.91. The summed E-state index contributed by atoms with van der Waals surface area (Å²) in [5, 5.41) is 4.11. The highest BCUT2D eigenvalue weighted by atomic mass is 16.2. The van der Waals surface area contributed by atoms with Gasteiger partial charge < -0.3 is 4.90 Å². The second-order valence-electron chi connectivity index (χ2n) is 6.81. The number of pyridine rings is 1. The molecule has 1 aliphatic rings. The Morgan fingerprint density at radius 3 is 2.67 bits per heavy atom. The lowest BCUT2D eigenvalue weighted by Crippen LogP contribution is -2.29. The molecule has 1 fully saturated rings. The molecule has 3 heterocycles. The number of carbonyl (C=O) groups is 1. The highest BCUT2D eigenvalue weighted by Gasteiger charge is 2.15. The van der Waals surface area contributed by atoms with E-state index in [1.165, 1.54) is 24.9 Å². The number of anilines is 1. The molecule has 0 bridgehead atoms. The Hall–Kier alpha value is -3.15. The van der Waals surface area contributed by atoms with Crippen LogP contribution >= 0.6 is 0 Å². The molecule has 0 aliphatic carbocycles. The number of nitrogens with one attached hydrogen (secondary N) is 1. The van der Waals surface area contributed by atoms with Crippen LogP contribution < -0.4 is 10.3 Å². The van der Waals surface area contributed by atoms with E-state index in [4.69, 9.17) is 0 Å². The lowest BCUT2D eigenvalue weighted by Gasteiger charge is -2.28. The SMILES string of the molecule is Cc1nc2ccccn2c1C(=O)N/N=C/c1ccc(N2CCCCC2)cc1. The van der Waals surface area contributed by atoms with Crippen LogP contribution in [0.4, 0.5) is 5.69 Å². The summed E-state index contributed by atoms with van der Waals surface area (Å²) in [5.74, 6) is -0.271. The van der Waals surface area contributed by atoms with Crippen molar-refractivity contribution in [3.8, 4) is 0 Å². The molecule has 1 saturated heterocycles. The Bertz CT molecular complexity index is 968. The predicted molar refractivity (Wildman–Crippen MR) is 107 cm³/mol. The van der Waals surface area contributed by atoms with Crippen molar-refractivity contribution in [1.82, 2.24) is 14.8 Å². The Kier molecular flexibility index (Phi) is 4.87. The van der Waals surface area contributed by atoms with E-state index in [0.717, 1.165) is 24.3 Å². The molecule has 6 nitrogen and oxygen atoms in total. The largest absolute Gasteiger partial charge is 0.372 e. The Labute approximate surface area is 158 Å². The van der Waals surface area contributed by atoms with Crippen molar-refractivity contribution in [2.45, 2.75) is 26.2 Å². The van der Waals surface area contributed by atoms with Crippen molar-refractivity contribution in [3.05, 3.63) is 65.6 Å². The maximum absolute atomic E-state index is 12.5. The minimum atomic E-state index is -0.271. The molecule has 3 aromatic rings. The average Bonchev–Trinajstić information content (AvgIpc) is 3.05. The van der Waals surface area contributed by atoms with E-state index in [1.807, 2.05) is 43.5 Å². The van der Waals surface area contributed by atoms with Crippen molar-refractivity contribution in [2.24, 2.45) is 5.10 Å². The molecule has 0 unspecified atom stereocenters. The number of hydrogen-bond acceptors (Lipinski definition) is 4. The van der Waals surface area contributed by atoms with Crippen molar-refractivity contribution < 1.29 is 4.79 Å². The lowest BCUT2D eigenvalue weighted by atomic mass is 10.1. The van der Waals surface area contributed by atoms with Crippen LogP contribution in [0.25, 0.3) is 5.65 Å². The Morgan fingerprint density at radius 2 is 1.89 bits per heavy atom. The minimum Gasteiger partial charge on any atom is -0.372 e. The molecule has 1 N–H and O–H groups in total. The van der Waals surface area contributed by atoms with Gasteiger partial charge in [0.05, 0.1) is 11.9 Å². The highest BCUT2D eigenvalue weighted by Crippen LogP contribution is 2.19. The first kappa shape index (κ1) is 17.3. The zero-order valence-electron chi connectivity index (χ0n) is 15.4. The zero-order chi connectivity index (χ0) is 18.6. The summed E-state index contributed by atoms with van der Waals surface area (Å²) < 4.78 is 1.77. The predicted octanol–water partition coefficient (Wildman–Crippen LogP) is 3.40. The molecule has 0 spiro atoms. The van der Waals surface area contributed by atoms with Crippen LogP contribution in [0.15, 0.2) is 53.8 Å². The molecule has 1 amide bonds. The Balaban J connectivity index is 1.42. The van der Waals surface area contributed by atoms with E-state index in [-0.39, 0.29) is 5.91 Å². The van der Waals surface area contributed by atoms with Gasteiger partial charge in [0.15, 0.2) is 0 Å². The fourth-order valence-corrected chi connectivity index (χ4v) is 3.53. The smallest absolute Gasteiger partial charge is 0.290 e. The van der Waals surface area contributed by atoms with Gasteiger partial charge in [-0.05, 0) is 56.0 Å². The topological polar surface area (TPSA) is 62.0 Å². The molecule has 138 valence electrons. The first-order valence-corrected chi connectivity index (χ1v) is 9.34. The fraction of sp³-hybridized carbons (Fsp3) is 0.286. The number of carbonyl (C=O) groups excluding carboxylic acids is 1. The molecule has 0 atom stereocenters. The molecule has 27 heavy (non-hydrogen) atoms. The summed E-state index contributed by atoms with van der Waals surface area (Å²) >= 11 is 0. The normalized spacial score (nSPS) is 14.8. The van der Waals surface area contributed by atoms with Crippen molar-refractivity contribution in [1.29, 1.82) is 0 Å². The zero-order valence-corrected chi connectivity index (χ0v) is 15.4. The Morgan fingerprint density at radius 1 is 1.11 bits per heavy atom. The highest BCUT2D eigenvalue weighted by molar-refractivity contribution is 5.95. The molecule has 1 aliphatic heterocycles. The van der Waals surface area contributed by atoms with Crippen LogP contribution in [0.3, 0.4) is 0 Å². The summed E-state index contributed by atoms with van der Waals surface area (Å²) in [7, 11) is 0. The van der Waals surface area contributed by atoms with Gasteiger partial charge in [0.25, 0.3) is 5.91 Å². The maximum Gasteiger partial charge on any atom is 0.290 e. The molecular weight excluding hydrogens is 338 g/mol. The minimum absolute atomic E-state index is 0.271. The second-order valence-corrected chi connectivity index (χ2v) is 6.81. The number of hydrazone groups is 1. The molecule has 6 heteroatoms. The first-order chi connectivity index (χ1) is 13.2. The number of fused-ring (bicyclic) bond motifs is 1. The fourth-order valence-electron chi connectivity index (χ4n) is 3.53. The van der Waals surface area contributed by atoms with E-state index >= 15 is 0 Å². The number of amides is 1. The number of benzene rings is 1. The summed E-state index contributed by atoms with van der Waals surface area (Å²) in [6.45, 7) is 4.08. The van der Waals surface area contributed by atoms with Gasteiger partial charge in [-0.1, -0.05) is 18.2 Å². The van der Waals surface area contributed by atoms with Gasteiger partial charge in [0.2, 0.25) is 0 Å². The van der Waals surface area contributed by atoms with Crippen LogP contribution in [0.5, 0.6) is 0 Å². The van der Waals surface area contributed by atoms with Crippen molar-refractivity contribution in [3.63, 3.8) is 0 Å². The molecule has 0 saturated carbocycles. The second kappa shape index (κ2) is 7.61. The van der Waals surface area contributed by atoms with Gasteiger partial charge in [0, 0.05) is 25.0 Å². The monoisotopic (exact) mass is 361 g/mol. The number of piperidine rings is 1. The third kappa shape index (κ3) is 3.69. The quantitative estimate of drug-likeness (QED) is 0.572. The van der Waals surface area contributed by atoms with Crippen LogP contribution in [-0.4, -0.2) is 34.6 Å². The maximum atomic E-state index is 12.5. The molecule has 0 radical (unpaired) electrons. The van der Waals surface area contributed by atoms with Gasteiger partial charge >= 0.3 is 0 Å². The van der Waals surface area contributed by atoms with Gasteiger partial charge in [-0.25, -0.2) is 10.4 Å². The lowest BCUT2D eigenvalue weighted by molar-refractivity contribution is 0.0948. The number of imidazole rings is 1. The number of nitrogens with zero attached hydrogens (tertiary/aromatic N) is 4. The van der Waals surface area contributed by atoms with E-state index in [9.17, 15) is 4.79 Å². The van der Waals surface area contributed by atoms with Gasteiger partial charge in [0.1, 0.15) is 11.3 Å². The molecular formula is C21H23N5O. The number of rotatable bonds is 4. The van der Waals surface area contributed by atoms with Gasteiger partial charge in [-0.2, -0.15) is 5.10 Å². The molecule has 1 aromatic carbocycles. The summed E-state index contributed by atoms with van der Waals surface area (Å²) in [5.41, 5.74) is 6.73. The summed E-state index contributed by atoms with van der Waals surface area (Å²) in [6.07, 6.45) is 7.34. The number of aryl methyl sites for hydroxylation is 1. The number of aromatic nitrogens is 2. The van der Waals surface area contributed by atoms with Crippen molar-refractivity contribution in [2.75, 3.05) is 18.0 Å². The van der Waals surface area contributed by atoms with E-state index in [0.29, 0.717) is 11.4 Å². The van der Waals surface area contributed by atoms with Crippen LogP contribution in [0.1, 0.15) is 41.0 Å². The van der Waals surface area contributed by atoms with Crippen LogP contribution in [0.2, 0.25) is 0 Å². The van der Waals surface area contributed by atoms with Crippen LogP contribution in [0, 0.1) is 6.92 Å². The van der Waals surface area contributed by atoms with Crippen molar-refractivity contribution >= 4 is 23.5 Å². The van der Waals surface area contributed by atoms with Gasteiger partial charge in [-0.15, -0.1) is 0 Å². The third-order valence-electron chi connectivity index (χ3n) is 4.91. The average molecular weight is 361 g/mol.